The molecule has 21 heavy (non-hydrogen) atoms. The maximum absolute atomic E-state index is 12.1. The molecular weight excluding hydrogens is 274 g/mol. The summed E-state index contributed by atoms with van der Waals surface area (Å²) in [6.45, 7) is 3.77. The third-order valence-corrected chi connectivity index (χ3v) is 3.07. The minimum atomic E-state index is -0.462. The number of likely N-dealkylation sites (N-methyl/N-ethyl adjacent to an activating group) is 1. The first kappa shape index (κ1) is 15.2. The number of amides is 1. The van der Waals surface area contributed by atoms with Crippen molar-refractivity contribution in [1.29, 1.82) is 0 Å². The number of hydrogen-bond acceptors (Lipinski definition) is 8. The Labute approximate surface area is 123 Å². The van der Waals surface area contributed by atoms with E-state index in [-0.39, 0.29) is 11.9 Å². The number of morpholine rings is 1. The van der Waals surface area contributed by atoms with Crippen LogP contribution in [0.3, 0.4) is 0 Å². The minimum absolute atomic E-state index is 0.109. The molecule has 9 nitrogen and oxygen atoms in total. The fraction of sp³-hybridized carbons (Fsp3) is 0.667. The third-order valence-electron chi connectivity index (χ3n) is 3.07. The van der Waals surface area contributed by atoms with Crippen LogP contribution in [0.4, 0.5) is 17.8 Å². The monoisotopic (exact) mass is 295 g/mol. The summed E-state index contributed by atoms with van der Waals surface area (Å²) in [5.74, 6) is 0.872. The quantitative estimate of drug-likeness (QED) is 0.717. The first-order valence-electron chi connectivity index (χ1n) is 6.84. The summed E-state index contributed by atoms with van der Waals surface area (Å²) < 4.78 is 5.39. The Morgan fingerprint density at radius 2 is 2.24 bits per heavy atom. The lowest BCUT2D eigenvalue weighted by Crippen LogP contribution is -2.54. The summed E-state index contributed by atoms with van der Waals surface area (Å²) in [5, 5.41) is 2.79. The summed E-state index contributed by atoms with van der Waals surface area (Å²) in [6.07, 6.45) is 0. The summed E-state index contributed by atoms with van der Waals surface area (Å²) in [6, 6.07) is -0.462. The molecule has 0 aliphatic carbocycles. The van der Waals surface area contributed by atoms with E-state index in [0.29, 0.717) is 38.2 Å². The number of nitrogens with two attached hydrogens (primary N) is 1. The second kappa shape index (κ2) is 6.53. The predicted octanol–water partition coefficient (Wildman–Crippen LogP) is -1.14. The molecule has 3 N–H and O–H groups in total. The van der Waals surface area contributed by atoms with Crippen molar-refractivity contribution in [2.24, 2.45) is 0 Å². The normalized spacial score (nSPS) is 18.4. The van der Waals surface area contributed by atoms with E-state index >= 15 is 0 Å². The van der Waals surface area contributed by atoms with Gasteiger partial charge < -0.3 is 25.6 Å². The van der Waals surface area contributed by atoms with E-state index in [1.165, 1.54) is 0 Å². The van der Waals surface area contributed by atoms with Crippen LogP contribution in [0.2, 0.25) is 0 Å². The summed E-state index contributed by atoms with van der Waals surface area (Å²) in [4.78, 5) is 28.3. The summed E-state index contributed by atoms with van der Waals surface area (Å²) in [7, 11) is 3.64. The Morgan fingerprint density at radius 3 is 2.90 bits per heavy atom. The first-order valence-corrected chi connectivity index (χ1v) is 6.84. The van der Waals surface area contributed by atoms with Gasteiger partial charge in [-0.1, -0.05) is 0 Å². The van der Waals surface area contributed by atoms with Crippen molar-refractivity contribution >= 4 is 23.8 Å². The summed E-state index contributed by atoms with van der Waals surface area (Å²) in [5.41, 5.74) is 5.74. The average Bonchev–Trinajstić information content (AvgIpc) is 2.46. The van der Waals surface area contributed by atoms with Crippen molar-refractivity contribution in [3.05, 3.63) is 0 Å². The SMILES string of the molecule is CCNC(=O)C1COCCN1c1nc(N)nc(N(C)C)n1. The van der Waals surface area contributed by atoms with Crippen molar-refractivity contribution in [2.75, 3.05) is 55.9 Å². The van der Waals surface area contributed by atoms with Crippen LogP contribution in [0.5, 0.6) is 0 Å². The zero-order valence-corrected chi connectivity index (χ0v) is 12.5. The molecule has 1 fully saturated rings. The number of ether oxygens (including phenoxy) is 1. The Balaban J connectivity index is 2.30. The third kappa shape index (κ3) is 3.48. The van der Waals surface area contributed by atoms with E-state index in [9.17, 15) is 4.79 Å². The molecule has 0 radical (unpaired) electrons. The molecular formula is C12H21N7O2. The number of nitrogens with one attached hydrogen (secondary N) is 1. The van der Waals surface area contributed by atoms with Gasteiger partial charge in [0.05, 0.1) is 13.2 Å². The standard InChI is InChI=1S/C12H21N7O2/c1-4-14-9(20)8-7-21-6-5-19(8)12-16-10(13)15-11(17-12)18(2)3/h8H,4-7H2,1-3H3,(H,14,20)(H2,13,15,16,17). The molecule has 2 heterocycles. The molecule has 0 spiro atoms. The molecule has 1 unspecified atom stereocenters. The zero-order chi connectivity index (χ0) is 15.4. The minimum Gasteiger partial charge on any atom is -0.377 e. The lowest BCUT2D eigenvalue weighted by atomic mass is 10.2. The molecule has 116 valence electrons. The van der Waals surface area contributed by atoms with Gasteiger partial charge in [-0.2, -0.15) is 15.0 Å². The van der Waals surface area contributed by atoms with E-state index in [2.05, 4.69) is 20.3 Å². The van der Waals surface area contributed by atoms with Gasteiger partial charge >= 0.3 is 0 Å². The number of nitrogen functional groups attached to an aromatic ring is 1. The van der Waals surface area contributed by atoms with E-state index in [0.717, 1.165) is 0 Å². The maximum atomic E-state index is 12.1. The number of anilines is 3. The molecule has 1 aliphatic rings. The number of aromatic nitrogens is 3. The topological polar surface area (TPSA) is 110 Å². The lowest BCUT2D eigenvalue weighted by molar-refractivity contribution is -0.124. The largest absolute Gasteiger partial charge is 0.377 e. The van der Waals surface area contributed by atoms with Crippen molar-refractivity contribution in [2.45, 2.75) is 13.0 Å². The van der Waals surface area contributed by atoms with Crippen LogP contribution in [-0.4, -0.2) is 67.3 Å². The molecule has 1 aromatic heterocycles. The highest BCUT2D eigenvalue weighted by Gasteiger charge is 2.31. The van der Waals surface area contributed by atoms with Crippen LogP contribution < -0.4 is 20.9 Å². The van der Waals surface area contributed by atoms with Gasteiger partial charge in [0.1, 0.15) is 6.04 Å². The van der Waals surface area contributed by atoms with E-state index in [4.69, 9.17) is 10.5 Å². The van der Waals surface area contributed by atoms with Crippen LogP contribution in [0.25, 0.3) is 0 Å². The fourth-order valence-electron chi connectivity index (χ4n) is 2.05. The molecule has 0 bridgehead atoms. The highest BCUT2D eigenvalue weighted by Crippen LogP contribution is 2.18. The molecule has 1 saturated heterocycles. The Bertz CT molecular complexity index is 508. The molecule has 1 amide bonds. The Hall–Kier alpha value is -2.16. The van der Waals surface area contributed by atoms with Gasteiger partial charge in [-0.05, 0) is 6.92 Å². The number of hydrogen-bond donors (Lipinski definition) is 2. The molecule has 9 heteroatoms. The predicted molar refractivity (Wildman–Crippen MR) is 79.2 cm³/mol. The molecule has 1 aromatic rings. The molecule has 1 atom stereocenters. The van der Waals surface area contributed by atoms with Gasteiger partial charge in [0.25, 0.3) is 0 Å². The number of rotatable bonds is 4. The van der Waals surface area contributed by atoms with Gasteiger partial charge in [-0.15, -0.1) is 0 Å². The maximum Gasteiger partial charge on any atom is 0.245 e. The Kier molecular flexibility index (Phi) is 4.73. The van der Waals surface area contributed by atoms with Crippen LogP contribution in [0.1, 0.15) is 6.92 Å². The van der Waals surface area contributed by atoms with Gasteiger partial charge in [0.2, 0.25) is 23.8 Å². The summed E-state index contributed by atoms with van der Waals surface area (Å²) >= 11 is 0. The van der Waals surface area contributed by atoms with Gasteiger partial charge in [-0.25, -0.2) is 0 Å². The van der Waals surface area contributed by atoms with Crippen LogP contribution in [-0.2, 0) is 9.53 Å². The molecule has 0 aromatic carbocycles. The van der Waals surface area contributed by atoms with Crippen molar-refractivity contribution in [3.8, 4) is 0 Å². The molecule has 1 aliphatic heterocycles. The van der Waals surface area contributed by atoms with Crippen LogP contribution >= 0.6 is 0 Å². The molecule has 0 saturated carbocycles. The highest BCUT2D eigenvalue weighted by atomic mass is 16.5. The average molecular weight is 295 g/mol. The second-order valence-corrected chi connectivity index (χ2v) is 4.87. The highest BCUT2D eigenvalue weighted by molar-refractivity contribution is 5.85. The van der Waals surface area contributed by atoms with E-state index < -0.39 is 6.04 Å². The zero-order valence-electron chi connectivity index (χ0n) is 12.5. The van der Waals surface area contributed by atoms with Crippen molar-refractivity contribution in [3.63, 3.8) is 0 Å². The number of carbonyl (C=O) groups is 1. The van der Waals surface area contributed by atoms with Crippen molar-refractivity contribution < 1.29 is 9.53 Å². The fourth-order valence-corrected chi connectivity index (χ4v) is 2.05. The van der Waals surface area contributed by atoms with E-state index in [1.54, 1.807) is 9.80 Å². The van der Waals surface area contributed by atoms with Crippen LogP contribution in [0, 0.1) is 0 Å². The smallest absolute Gasteiger partial charge is 0.245 e. The van der Waals surface area contributed by atoms with Gasteiger partial charge in [0, 0.05) is 27.2 Å². The van der Waals surface area contributed by atoms with Crippen LogP contribution in [0.15, 0.2) is 0 Å². The lowest BCUT2D eigenvalue weighted by Gasteiger charge is -2.34. The number of carbonyl (C=O) groups excluding carboxylic acids is 1. The number of nitrogens with zero attached hydrogens (tertiary/aromatic N) is 5. The van der Waals surface area contributed by atoms with Gasteiger partial charge in [-0.3, -0.25) is 4.79 Å². The van der Waals surface area contributed by atoms with Crippen molar-refractivity contribution in [1.82, 2.24) is 20.3 Å². The second-order valence-electron chi connectivity index (χ2n) is 4.87. The first-order chi connectivity index (χ1) is 10.0. The molecule has 2 rings (SSSR count). The van der Waals surface area contributed by atoms with E-state index in [1.807, 2.05) is 21.0 Å². The van der Waals surface area contributed by atoms with Gasteiger partial charge in [0.15, 0.2) is 0 Å². The Morgan fingerprint density at radius 1 is 1.48 bits per heavy atom.